The van der Waals surface area contributed by atoms with Crippen molar-refractivity contribution in [3.63, 3.8) is 0 Å². The zero-order valence-corrected chi connectivity index (χ0v) is 12.7. The fourth-order valence-electron chi connectivity index (χ4n) is 1.84. The SMILES string of the molecule is CCn1cc(Br)cc1C(=O)Nc1ccc(OC(F)F)cc1. The first-order chi connectivity index (χ1) is 9.99. The van der Waals surface area contributed by atoms with Crippen LogP contribution in [-0.2, 0) is 6.54 Å². The molecule has 0 bridgehead atoms. The average Bonchev–Trinajstić information content (AvgIpc) is 2.82. The summed E-state index contributed by atoms with van der Waals surface area (Å²) in [4.78, 5) is 12.2. The molecule has 0 fully saturated rings. The van der Waals surface area contributed by atoms with Crippen molar-refractivity contribution < 1.29 is 18.3 Å². The lowest BCUT2D eigenvalue weighted by molar-refractivity contribution is -0.0498. The molecule has 4 nitrogen and oxygen atoms in total. The summed E-state index contributed by atoms with van der Waals surface area (Å²) in [5.41, 5.74) is 1.01. The van der Waals surface area contributed by atoms with Crippen LogP contribution < -0.4 is 10.1 Å². The molecule has 0 unspecified atom stereocenters. The van der Waals surface area contributed by atoms with E-state index in [1.54, 1.807) is 10.6 Å². The van der Waals surface area contributed by atoms with Gasteiger partial charge in [0.05, 0.1) is 0 Å². The molecular weight excluding hydrogens is 346 g/mol. The number of amides is 1. The summed E-state index contributed by atoms with van der Waals surface area (Å²) in [6.07, 6.45) is 1.81. The Bertz CT molecular complexity index is 626. The molecule has 2 aromatic rings. The van der Waals surface area contributed by atoms with Gasteiger partial charge in [-0.3, -0.25) is 4.79 Å². The highest BCUT2D eigenvalue weighted by Gasteiger charge is 2.12. The van der Waals surface area contributed by atoms with Gasteiger partial charge in [0.25, 0.3) is 5.91 Å². The molecule has 7 heteroatoms. The third-order valence-corrected chi connectivity index (χ3v) is 3.21. The number of anilines is 1. The number of hydrogen-bond donors (Lipinski definition) is 1. The van der Waals surface area contributed by atoms with Crippen molar-refractivity contribution in [2.75, 3.05) is 5.32 Å². The summed E-state index contributed by atoms with van der Waals surface area (Å²) in [7, 11) is 0. The van der Waals surface area contributed by atoms with Crippen LogP contribution in [0.4, 0.5) is 14.5 Å². The molecule has 1 amide bonds. The molecule has 1 heterocycles. The number of aryl methyl sites for hydroxylation is 1. The van der Waals surface area contributed by atoms with Gasteiger partial charge in [-0.15, -0.1) is 0 Å². The standard InChI is InChI=1S/C14H13BrF2N2O2/c1-2-19-8-9(15)7-12(19)13(20)18-10-3-5-11(6-4-10)21-14(16)17/h3-8,14H,2H2,1H3,(H,18,20). The zero-order chi connectivity index (χ0) is 15.4. The highest BCUT2D eigenvalue weighted by atomic mass is 79.9. The van der Waals surface area contributed by atoms with E-state index >= 15 is 0 Å². The zero-order valence-electron chi connectivity index (χ0n) is 11.1. The smallest absolute Gasteiger partial charge is 0.387 e. The Kier molecular flexibility index (Phi) is 4.95. The maximum atomic E-state index is 12.2. The Hall–Kier alpha value is -1.89. The molecule has 1 N–H and O–H groups in total. The molecule has 1 aromatic carbocycles. The summed E-state index contributed by atoms with van der Waals surface area (Å²) in [6, 6.07) is 7.47. The topological polar surface area (TPSA) is 43.3 Å². The van der Waals surface area contributed by atoms with Gasteiger partial charge >= 0.3 is 6.61 Å². The number of carbonyl (C=O) groups is 1. The summed E-state index contributed by atoms with van der Waals surface area (Å²) < 4.78 is 30.9. The lowest BCUT2D eigenvalue weighted by atomic mass is 10.3. The van der Waals surface area contributed by atoms with E-state index in [0.29, 0.717) is 17.9 Å². The third-order valence-electron chi connectivity index (χ3n) is 2.77. The van der Waals surface area contributed by atoms with Gasteiger partial charge in [0.2, 0.25) is 0 Å². The average molecular weight is 359 g/mol. The number of nitrogens with one attached hydrogen (secondary N) is 1. The normalized spacial score (nSPS) is 10.7. The van der Waals surface area contributed by atoms with E-state index in [1.165, 1.54) is 24.3 Å². The fraction of sp³-hybridized carbons (Fsp3) is 0.214. The van der Waals surface area contributed by atoms with Gasteiger partial charge in [-0.2, -0.15) is 8.78 Å². The maximum Gasteiger partial charge on any atom is 0.387 e. The molecule has 0 aliphatic rings. The number of nitrogens with zero attached hydrogens (tertiary/aromatic N) is 1. The Morgan fingerprint density at radius 1 is 1.38 bits per heavy atom. The molecule has 112 valence electrons. The van der Waals surface area contributed by atoms with Gasteiger partial charge in [0.1, 0.15) is 11.4 Å². The number of carbonyl (C=O) groups excluding carboxylic acids is 1. The number of halogens is 3. The predicted molar refractivity (Wildman–Crippen MR) is 78.8 cm³/mol. The fourth-order valence-corrected chi connectivity index (χ4v) is 2.31. The Balaban J connectivity index is 2.08. The van der Waals surface area contributed by atoms with Crippen LogP contribution in [-0.4, -0.2) is 17.1 Å². The second-order valence-electron chi connectivity index (χ2n) is 4.19. The van der Waals surface area contributed by atoms with E-state index in [2.05, 4.69) is 26.0 Å². The molecule has 21 heavy (non-hydrogen) atoms. The van der Waals surface area contributed by atoms with Crippen molar-refractivity contribution in [2.45, 2.75) is 20.1 Å². The first-order valence-corrected chi connectivity index (χ1v) is 7.00. The van der Waals surface area contributed by atoms with Crippen molar-refractivity contribution in [1.82, 2.24) is 4.57 Å². The Morgan fingerprint density at radius 2 is 2.05 bits per heavy atom. The van der Waals surface area contributed by atoms with E-state index in [9.17, 15) is 13.6 Å². The summed E-state index contributed by atoms with van der Waals surface area (Å²) in [5.74, 6) is -0.229. The van der Waals surface area contributed by atoms with Gasteiger partial charge < -0.3 is 14.6 Å². The number of hydrogen-bond acceptors (Lipinski definition) is 2. The van der Waals surface area contributed by atoms with Crippen molar-refractivity contribution >= 4 is 27.5 Å². The largest absolute Gasteiger partial charge is 0.435 e. The molecule has 0 saturated carbocycles. The van der Waals surface area contributed by atoms with Crippen LogP contribution in [0.3, 0.4) is 0 Å². The van der Waals surface area contributed by atoms with E-state index in [0.717, 1.165) is 4.47 Å². The van der Waals surface area contributed by atoms with E-state index in [4.69, 9.17) is 0 Å². The quantitative estimate of drug-likeness (QED) is 0.873. The van der Waals surface area contributed by atoms with Crippen LogP contribution in [0, 0.1) is 0 Å². The lowest BCUT2D eigenvalue weighted by Crippen LogP contribution is -2.16. The maximum absolute atomic E-state index is 12.2. The summed E-state index contributed by atoms with van der Waals surface area (Å²) in [6.45, 7) is -0.273. The highest BCUT2D eigenvalue weighted by Crippen LogP contribution is 2.20. The minimum atomic E-state index is -2.87. The molecule has 0 aliphatic heterocycles. The Morgan fingerprint density at radius 3 is 2.62 bits per heavy atom. The Labute approximate surface area is 128 Å². The van der Waals surface area contributed by atoms with E-state index < -0.39 is 6.61 Å². The number of alkyl halides is 2. The molecule has 0 radical (unpaired) electrons. The van der Waals surface area contributed by atoms with Gasteiger partial charge in [-0.25, -0.2) is 0 Å². The number of benzene rings is 1. The first kappa shape index (κ1) is 15.5. The molecule has 0 spiro atoms. The van der Waals surface area contributed by atoms with Crippen LogP contribution in [0.2, 0.25) is 0 Å². The summed E-state index contributed by atoms with van der Waals surface area (Å²) >= 11 is 3.32. The first-order valence-electron chi connectivity index (χ1n) is 6.21. The monoisotopic (exact) mass is 358 g/mol. The van der Waals surface area contributed by atoms with Crippen LogP contribution in [0.15, 0.2) is 41.0 Å². The highest BCUT2D eigenvalue weighted by molar-refractivity contribution is 9.10. The molecule has 0 atom stereocenters. The number of aromatic nitrogens is 1. The molecule has 0 aliphatic carbocycles. The minimum absolute atomic E-state index is 0.0441. The third kappa shape index (κ3) is 4.04. The van der Waals surface area contributed by atoms with Gasteiger partial charge in [0.15, 0.2) is 0 Å². The summed E-state index contributed by atoms with van der Waals surface area (Å²) in [5, 5.41) is 2.70. The molecular formula is C14H13BrF2N2O2. The van der Waals surface area contributed by atoms with E-state index in [1.807, 2.05) is 13.1 Å². The van der Waals surface area contributed by atoms with Gasteiger partial charge in [0, 0.05) is 22.9 Å². The second-order valence-corrected chi connectivity index (χ2v) is 5.10. The minimum Gasteiger partial charge on any atom is -0.435 e. The molecule has 0 saturated heterocycles. The van der Waals surface area contributed by atoms with Crippen LogP contribution in [0.25, 0.3) is 0 Å². The van der Waals surface area contributed by atoms with Crippen LogP contribution >= 0.6 is 15.9 Å². The van der Waals surface area contributed by atoms with Gasteiger partial charge in [-0.05, 0) is 53.2 Å². The lowest BCUT2D eigenvalue weighted by Gasteiger charge is -2.09. The van der Waals surface area contributed by atoms with E-state index in [-0.39, 0.29) is 11.7 Å². The van der Waals surface area contributed by atoms with Crippen LogP contribution in [0.1, 0.15) is 17.4 Å². The second kappa shape index (κ2) is 6.71. The molecule has 1 aromatic heterocycles. The van der Waals surface area contributed by atoms with Gasteiger partial charge in [-0.1, -0.05) is 0 Å². The van der Waals surface area contributed by atoms with Crippen molar-refractivity contribution in [3.8, 4) is 5.75 Å². The van der Waals surface area contributed by atoms with Crippen LogP contribution in [0.5, 0.6) is 5.75 Å². The molecule has 2 rings (SSSR count). The number of ether oxygens (including phenoxy) is 1. The van der Waals surface area contributed by atoms with Crippen molar-refractivity contribution in [1.29, 1.82) is 0 Å². The van der Waals surface area contributed by atoms with Crippen molar-refractivity contribution in [3.05, 3.63) is 46.7 Å². The number of rotatable bonds is 5. The predicted octanol–water partition coefficient (Wildman–Crippen LogP) is 4.12. The van der Waals surface area contributed by atoms with Crippen molar-refractivity contribution in [2.24, 2.45) is 0 Å².